The summed E-state index contributed by atoms with van der Waals surface area (Å²) < 4.78 is 0.616. The highest BCUT2D eigenvalue weighted by Crippen LogP contribution is 2.26. The Labute approximate surface area is 213 Å². The molecule has 0 aliphatic rings. The van der Waals surface area contributed by atoms with Crippen LogP contribution in [0.1, 0.15) is 35.7 Å². The number of anilines is 2. The topological polar surface area (TPSA) is 84.0 Å². The van der Waals surface area contributed by atoms with Gasteiger partial charge in [0.15, 0.2) is 4.34 Å². The molecule has 8 heteroatoms. The zero-order valence-electron chi connectivity index (χ0n) is 19.4. The van der Waals surface area contributed by atoms with Crippen LogP contribution in [0.25, 0.3) is 11.1 Å². The van der Waals surface area contributed by atoms with Crippen LogP contribution >= 0.6 is 23.1 Å². The van der Waals surface area contributed by atoms with Gasteiger partial charge in [0.25, 0.3) is 5.91 Å². The molecule has 0 radical (unpaired) electrons. The first-order chi connectivity index (χ1) is 17.1. The predicted molar refractivity (Wildman–Crippen MR) is 144 cm³/mol. The summed E-state index contributed by atoms with van der Waals surface area (Å²) >= 11 is 2.53. The average molecular weight is 503 g/mol. The summed E-state index contributed by atoms with van der Waals surface area (Å²) in [5, 5.41) is 14.2. The van der Waals surface area contributed by atoms with Crippen molar-refractivity contribution in [1.29, 1.82) is 0 Å². The van der Waals surface area contributed by atoms with Crippen molar-refractivity contribution in [3.05, 3.63) is 90.0 Å². The number of carbonyl (C=O) groups is 2. The molecule has 0 aliphatic heterocycles. The summed E-state index contributed by atoms with van der Waals surface area (Å²) in [4.78, 5) is 24.9. The van der Waals surface area contributed by atoms with E-state index in [1.54, 1.807) is 12.1 Å². The molecule has 35 heavy (non-hydrogen) atoms. The van der Waals surface area contributed by atoms with E-state index in [-0.39, 0.29) is 17.6 Å². The summed E-state index contributed by atoms with van der Waals surface area (Å²) in [7, 11) is 0. The minimum atomic E-state index is -0.252. The van der Waals surface area contributed by atoms with Crippen molar-refractivity contribution in [3.8, 4) is 11.1 Å². The van der Waals surface area contributed by atoms with E-state index < -0.39 is 0 Å². The maximum absolute atomic E-state index is 12.6. The number of rotatable bonds is 10. The van der Waals surface area contributed by atoms with Crippen LogP contribution < -0.4 is 10.6 Å². The molecule has 4 rings (SSSR count). The van der Waals surface area contributed by atoms with Gasteiger partial charge >= 0.3 is 0 Å². The van der Waals surface area contributed by atoms with Gasteiger partial charge in [-0.15, -0.1) is 10.2 Å². The smallest absolute Gasteiger partial charge is 0.257 e. The third-order valence-corrected chi connectivity index (χ3v) is 7.24. The molecule has 2 amide bonds. The van der Waals surface area contributed by atoms with Gasteiger partial charge < -0.3 is 5.32 Å². The number of nitrogens with one attached hydrogen (secondary N) is 2. The van der Waals surface area contributed by atoms with Gasteiger partial charge in [0, 0.05) is 11.3 Å². The minimum absolute atomic E-state index is 0.115. The van der Waals surface area contributed by atoms with Gasteiger partial charge in [-0.2, -0.15) is 0 Å². The molecule has 0 bridgehead atoms. The summed E-state index contributed by atoms with van der Waals surface area (Å²) in [6.45, 7) is 2.17. The van der Waals surface area contributed by atoms with Crippen LogP contribution in [0.3, 0.4) is 0 Å². The lowest BCUT2D eigenvalue weighted by Crippen LogP contribution is -2.13. The summed E-state index contributed by atoms with van der Waals surface area (Å²) in [6.07, 6.45) is 3.37. The van der Waals surface area contributed by atoms with Crippen molar-refractivity contribution < 1.29 is 9.59 Å². The van der Waals surface area contributed by atoms with Crippen LogP contribution in [-0.2, 0) is 11.2 Å². The van der Waals surface area contributed by atoms with E-state index >= 15 is 0 Å². The number of hydrogen-bond acceptors (Lipinski definition) is 6. The van der Waals surface area contributed by atoms with E-state index in [1.165, 1.54) is 28.7 Å². The van der Waals surface area contributed by atoms with Crippen LogP contribution in [0.4, 0.5) is 10.8 Å². The van der Waals surface area contributed by atoms with E-state index in [1.807, 2.05) is 66.7 Å². The lowest BCUT2D eigenvalue weighted by molar-refractivity contribution is -0.113. The first kappa shape index (κ1) is 24.6. The fraction of sp³-hybridized carbons (Fsp3) is 0.185. The molecule has 0 atom stereocenters. The Hall–Kier alpha value is -3.49. The Morgan fingerprint density at radius 1 is 0.857 bits per heavy atom. The number of carbonyl (C=O) groups excluding carboxylic acids is 2. The van der Waals surface area contributed by atoms with Crippen LogP contribution in [0.5, 0.6) is 0 Å². The van der Waals surface area contributed by atoms with E-state index in [0.717, 1.165) is 36.1 Å². The number of aryl methyl sites for hydroxylation is 1. The summed E-state index contributed by atoms with van der Waals surface area (Å²) in [5.41, 5.74) is 4.73. The molecule has 0 fully saturated rings. The first-order valence-corrected chi connectivity index (χ1v) is 13.2. The van der Waals surface area contributed by atoms with Crippen molar-refractivity contribution in [3.63, 3.8) is 0 Å². The Morgan fingerprint density at radius 2 is 1.57 bits per heavy atom. The highest BCUT2D eigenvalue weighted by Gasteiger charge is 2.12. The highest BCUT2D eigenvalue weighted by molar-refractivity contribution is 8.01. The second kappa shape index (κ2) is 12.3. The van der Waals surface area contributed by atoms with Gasteiger partial charge in [0.2, 0.25) is 11.0 Å². The molecule has 0 saturated heterocycles. The molecular formula is C27H26N4O2S2. The zero-order chi connectivity index (χ0) is 24.5. The second-order valence-electron chi connectivity index (χ2n) is 7.91. The summed E-state index contributed by atoms with van der Waals surface area (Å²) in [5.74, 6) is -0.158. The molecule has 0 saturated carbocycles. The first-order valence-electron chi connectivity index (χ1n) is 11.4. The molecular weight excluding hydrogens is 476 g/mol. The van der Waals surface area contributed by atoms with Crippen LogP contribution in [0.2, 0.25) is 0 Å². The van der Waals surface area contributed by atoms with Crippen molar-refractivity contribution >= 4 is 45.7 Å². The molecule has 6 nitrogen and oxygen atoms in total. The third kappa shape index (κ3) is 7.24. The number of aromatic nitrogens is 2. The van der Waals surface area contributed by atoms with E-state index in [4.69, 9.17) is 0 Å². The van der Waals surface area contributed by atoms with Gasteiger partial charge in [0.1, 0.15) is 0 Å². The molecule has 0 aliphatic carbocycles. The number of nitrogens with zero attached hydrogens (tertiary/aromatic N) is 2. The molecule has 178 valence electrons. The van der Waals surface area contributed by atoms with Gasteiger partial charge in [-0.1, -0.05) is 91.0 Å². The fourth-order valence-electron chi connectivity index (χ4n) is 3.39. The number of hydrogen-bond donors (Lipinski definition) is 2. The van der Waals surface area contributed by atoms with Crippen LogP contribution in [0, 0.1) is 0 Å². The Bertz CT molecular complexity index is 1260. The quantitative estimate of drug-likeness (QED) is 0.190. The van der Waals surface area contributed by atoms with E-state index in [0.29, 0.717) is 15.0 Å². The molecule has 0 unspecified atom stereocenters. The van der Waals surface area contributed by atoms with Gasteiger partial charge in [-0.05, 0) is 53.8 Å². The van der Waals surface area contributed by atoms with Crippen molar-refractivity contribution in [1.82, 2.24) is 10.2 Å². The summed E-state index contributed by atoms with van der Waals surface area (Å²) in [6, 6.07) is 25.4. The molecule has 1 aromatic heterocycles. The maximum atomic E-state index is 12.6. The van der Waals surface area contributed by atoms with Crippen molar-refractivity contribution in [2.24, 2.45) is 0 Å². The largest absolute Gasteiger partial charge is 0.325 e. The van der Waals surface area contributed by atoms with Crippen molar-refractivity contribution in [2.75, 3.05) is 16.4 Å². The number of unbranched alkanes of at least 4 members (excludes halogenated alkanes) is 1. The number of amides is 2. The van der Waals surface area contributed by atoms with Gasteiger partial charge in [-0.25, -0.2) is 0 Å². The molecule has 0 spiro atoms. The second-order valence-corrected chi connectivity index (χ2v) is 10.1. The van der Waals surface area contributed by atoms with Crippen molar-refractivity contribution in [2.45, 2.75) is 30.5 Å². The lowest BCUT2D eigenvalue weighted by Gasteiger charge is -2.06. The van der Waals surface area contributed by atoms with Gasteiger partial charge in [-0.3, -0.25) is 14.9 Å². The lowest BCUT2D eigenvalue weighted by atomic mass is 10.0. The standard InChI is InChI=1S/C27H26N4O2S2/c1-2-3-7-19-10-16-23(17-11-19)28-24(32)18-34-27-31-30-26(35-27)29-25(33)22-14-12-21(13-15-22)20-8-5-4-6-9-20/h4-6,8-17H,2-3,7,18H2,1H3,(H,28,32)(H,29,30,33). The predicted octanol–water partition coefficient (Wildman–Crippen LogP) is 6.53. The fourth-order valence-corrected chi connectivity index (χ4v) is 4.94. The number of thioether (sulfide) groups is 1. The number of benzene rings is 3. The Kier molecular flexibility index (Phi) is 8.64. The minimum Gasteiger partial charge on any atom is -0.325 e. The Balaban J connectivity index is 1.25. The molecule has 2 N–H and O–H groups in total. The van der Waals surface area contributed by atoms with E-state index in [9.17, 15) is 9.59 Å². The van der Waals surface area contributed by atoms with Crippen LogP contribution in [0.15, 0.2) is 83.2 Å². The maximum Gasteiger partial charge on any atom is 0.257 e. The molecule has 3 aromatic carbocycles. The Morgan fingerprint density at radius 3 is 2.29 bits per heavy atom. The molecule has 1 heterocycles. The SMILES string of the molecule is CCCCc1ccc(NC(=O)CSc2nnc(NC(=O)c3ccc(-c4ccccc4)cc3)s2)cc1. The monoisotopic (exact) mass is 502 g/mol. The average Bonchev–Trinajstić information content (AvgIpc) is 3.35. The van der Waals surface area contributed by atoms with E-state index in [2.05, 4.69) is 27.8 Å². The highest BCUT2D eigenvalue weighted by atomic mass is 32.2. The molecule has 4 aromatic rings. The van der Waals surface area contributed by atoms with Crippen LogP contribution in [-0.4, -0.2) is 27.8 Å². The normalized spacial score (nSPS) is 10.7. The zero-order valence-corrected chi connectivity index (χ0v) is 21.0. The van der Waals surface area contributed by atoms with Gasteiger partial charge in [0.05, 0.1) is 5.75 Å². The third-order valence-electron chi connectivity index (χ3n) is 5.26.